The first-order chi connectivity index (χ1) is 13.0. The maximum absolute atomic E-state index is 11.0. The number of nitrogens with one attached hydrogen (secondary N) is 1. The molecule has 0 radical (unpaired) electrons. The van der Waals surface area contributed by atoms with Crippen LogP contribution in [0.1, 0.15) is 44.0 Å². The monoisotopic (exact) mass is 362 g/mol. The van der Waals surface area contributed by atoms with Crippen molar-refractivity contribution in [2.24, 2.45) is 0 Å². The number of carboxylic acid groups (broad SMARTS) is 2. The van der Waals surface area contributed by atoms with E-state index >= 15 is 0 Å². The lowest BCUT2D eigenvalue weighted by atomic mass is 9.99. The molecule has 1 heterocycles. The minimum Gasteiger partial charge on any atom is -0.478 e. The van der Waals surface area contributed by atoms with Crippen molar-refractivity contribution >= 4 is 17.5 Å². The van der Waals surface area contributed by atoms with E-state index in [1.54, 1.807) is 48.9 Å². The largest absolute Gasteiger partial charge is 0.478 e. The van der Waals surface area contributed by atoms with Crippen LogP contribution in [0.4, 0.5) is 0 Å². The van der Waals surface area contributed by atoms with Crippen LogP contribution in [0.25, 0.3) is 5.57 Å². The highest BCUT2D eigenvalue weighted by Gasteiger charge is 2.09. The number of allylic oxidation sites excluding steroid dienone is 1. The molecule has 3 N–H and O–H groups in total. The number of nitrogens with zero attached hydrogens (tertiary/aromatic N) is 1. The van der Waals surface area contributed by atoms with Crippen LogP contribution in [0.3, 0.4) is 0 Å². The molecule has 27 heavy (non-hydrogen) atoms. The number of aromatic amines is 1. The van der Waals surface area contributed by atoms with Crippen molar-refractivity contribution in [3.05, 3.63) is 95.1 Å². The molecule has 3 aromatic rings. The standard InChI is InChI=1S/C21H18N2O4/c24-20(25)16-6-4-14(5-7-16)2-1-3-18(19-12-22-13-23-19)15-8-10-17(11-9-15)21(26)27/h3-13H,1-2H2,(H,22,23)(H,24,25)(H,26,27). The van der Waals surface area contributed by atoms with Gasteiger partial charge >= 0.3 is 11.9 Å². The summed E-state index contributed by atoms with van der Waals surface area (Å²) in [7, 11) is 0. The van der Waals surface area contributed by atoms with Crippen molar-refractivity contribution in [2.45, 2.75) is 12.8 Å². The van der Waals surface area contributed by atoms with Crippen molar-refractivity contribution in [3.8, 4) is 0 Å². The molecular formula is C21H18N2O4. The number of rotatable bonds is 7. The molecule has 0 bridgehead atoms. The van der Waals surface area contributed by atoms with Crippen LogP contribution in [0.2, 0.25) is 0 Å². The molecule has 0 atom stereocenters. The Morgan fingerprint density at radius 2 is 1.44 bits per heavy atom. The molecule has 0 aliphatic rings. The van der Waals surface area contributed by atoms with E-state index in [1.807, 2.05) is 12.1 Å². The summed E-state index contributed by atoms with van der Waals surface area (Å²) in [4.78, 5) is 29.1. The molecule has 0 saturated carbocycles. The van der Waals surface area contributed by atoms with Crippen LogP contribution >= 0.6 is 0 Å². The molecule has 6 nitrogen and oxygen atoms in total. The number of benzene rings is 2. The lowest BCUT2D eigenvalue weighted by molar-refractivity contribution is 0.0686. The first-order valence-corrected chi connectivity index (χ1v) is 8.39. The summed E-state index contributed by atoms with van der Waals surface area (Å²) in [6.07, 6.45) is 6.87. The van der Waals surface area contributed by atoms with Crippen molar-refractivity contribution in [2.75, 3.05) is 0 Å². The van der Waals surface area contributed by atoms with Gasteiger partial charge in [-0.1, -0.05) is 30.3 Å². The third-order valence-electron chi connectivity index (χ3n) is 4.21. The van der Waals surface area contributed by atoms with E-state index in [0.717, 1.165) is 35.2 Å². The number of hydrogen-bond acceptors (Lipinski definition) is 3. The Balaban J connectivity index is 1.79. The summed E-state index contributed by atoms with van der Waals surface area (Å²) in [5.41, 5.74) is 4.23. The van der Waals surface area contributed by atoms with Gasteiger partial charge in [0.25, 0.3) is 0 Å². The van der Waals surface area contributed by atoms with Gasteiger partial charge in [0, 0.05) is 5.57 Å². The molecule has 136 valence electrons. The van der Waals surface area contributed by atoms with Crippen LogP contribution in [-0.2, 0) is 6.42 Å². The fourth-order valence-electron chi connectivity index (χ4n) is 2.78. The third kappa shape index (κ3) is 4.49. The van der Waals surface area contributed by atoms with Crippen molar-refractivity contribution in [1.29, 1.82) is 0 Å². The average molecular weight is 362 g/mol. The van der Waals surface area contributed by atoms with E-state index in [4.69, 9.17) is 10.2 Å². The fraction of sp³-hybridized carbons (Fsp3) is 0.0952. The van der Waals surface area contributed by atoms with Crippen LogP contribution in [0.5, 0.6) is 0 Å². The molecule has 0 fully saturated rings. The molecule has 6 heteroatoms. The summed E-state index contributed by atoms with van der Waals surface area (Å²) < 4.78 is 0. The van der Waals surface area contributed by atoms with Crippen LogP contribution in [0.15, 0.2) is 67.1 Å². The highest BCUT2D eigenvalue weighted by molar-refractivity contribution is 5.89. The Hall–Kier alpha value is -3.67. The molecule has 0 spiro atoms. The molecular weight excluding hydrogens is 344 g/mol. The van der Waals surface area contributed by atoms with E-state index in [9.17, 15) is 9.59 Å². The number of aromatic carboxylic acids is 2. The van der Waals surface area contributed by atoms with Gasteiger partial charge in [-0.05, 0) is 48.2 Å². The van der Waals surface area contributed by atoms with Gasteiger partial charge in [0.2, 0.25) is 0 Å². The quantitative estimate of drug-likeness (QED) is 0.592. The van der Waals surface area contributed by atoms with Gasteiger partial charge in [0.05, 0.1) is 29.3 Å². The Morgan fingerprint density at radius 3 is 1.96 bits per heavy atom. The number of aromatic nitrogens is 2. The summed E-state index contributed by atoms with van der Waals surface area (Å²) in [6, 6.07) is 13.5. The Kier molecular flexibility index (Phi) is 5.47. The van der Waals surface area contributed by atoms with Gasteiger partial charge in [0.1, 0.15) is 0 Å². The van der Waals surface area contributed by atoms with Gasteiger partial charge in [0.15, 0.2) is 0 Å². The molecule has 0 aliphatic heterocycles. The predicted octanol–water partition coefficient (Wildman–Crippen LogP) is 3.87. The first-order valence-electron chi connectivity index (χ1n) is 8.39. The van der Waals surface area contributed by atoms with E-state index in [0.29, 0.717) is 0 Å². The fourth-order valence-corrected chi connectivity index (χ4v) is 2.78. The zero-order valence-electron chi connectivity index (χ0n) is 14.4. The highest BCUT2D eigenvalue weighted by atomic mass is 16.4. The van der Waals surface area contributed by atoms with Crippen molar-refractivity contribution < 1.29 is 19.8 Å². The van der Waals surface area contributed by atoms with E-state index in [-0.39, 0.29) is 11.1 Å². The Morgan fingerprint density at radius 1 is 0.889 bits per heavy atom. The van der Waals surface area contributed by atoms with Gasteiger partial charge in [-0.25, -0.2) is 14.6 Å². The second kappa shape index (κ2) is 8.14. The molecule has 0 amide bonds. The summed E-state index contributed by atoms with van der Waals surface area (Å²) in [5, 5.41) is 18.0. The van der Waals surface area contributed by atoms with E-state index < -0.39 is 11.9 Å². The lowest BCUT2D eigenvalue weighted by Crippen LogP contribution is -1.97. The normalized spacial score (nSPS) is 11.3. The average Bonchev–Trinajstić information content (AvgIpc) is 3.20. The van der Waals surface area contributed by atoms with E-state index in [2.05, 4.69) is 16.0 Å². The predicted molar refractivity (Wildman–Crippen MR) is 101 cm³/mol. The molecule has 2 aromatic carbocycles. The number of imidazole rings is 1. The van der Waals surface area contributed by atoms with Gasteiger partial charge in [-0.15, -0.1) is 0 Å². The van der Waals surface area contributed by atoms with Gasteiger partial charge < -0.3 is 15.2 Å². The Bertz CT molecular complexity index is 956. The minimum atomic E-state index is -0.960. The molecule has 0 saturated heterocycles. The van der Waals surface area contributed by atoms with Crippen molar-refractivity contribution in [1.82, 2.24) is 9.97 Å². The molecule has 3 rings (SSSR count). The van der Waals surface area contributed by atoms with Crippen molar-refractivity contribution in [3.63, 3.8) is 0 Å². The van der Waals surface area contributed by atoms with Gasteiger partial charge in [-0.3, -0.25) is 0 Å². The maximum atomic E-state index is 11.0. The lowest BCUT2D eigenvalue weighted by Gasteiger charge is -2.07. The molecule has 0 unspecified atom stereocenters. The number of carbonyl (C=O) groups is 2. The Labute approximate surface area is 155 Å². The van der Waals surface area contributed by atoms with Gasteiger partial charge in [-0.2, -0.15) is 0 Å². The topological polar surface area (TPSA) is 103 Å². The SMILES string of the molecule is O=C(O)c1ccc(CCC=C(c2ccc(C(=O)O)cc2)c2cnc[nH]2)cc1. The number of hydrogen-bond donors (Lipinski definition) is 3. The maximum Gasteiger partial charge on any atom is 0.335 e. The number of aryl methyl sites for hydroxylation is 1. The third-order valence-corrected chi connectivity index (χ3v) is 4.21. The smallest absolute Gasteiger partial charge is 0.335 e. The second-order valence-electron chi connectivity index (χ2n) is 6.01. The zero-order valence-corrected chi connectivity index (χ0v) is 14.4. The number of H-pyrrole nitrogens is 1. The second-order valence-corrected chi connectivity index (χ2v) is 6.01. The zero-order chi connectivity index (χ0) is 19.2. The summed E-state index contributed by atoms with van der Waals surface area (Å²) >= 11 is 0. The van der Waals surface area contributed by atoms with Crippen LogP contribution in [0, 0.1) is 0 Å². The first kappa shape index (κ1) is 18.1. The summed E-state index contributed by atoms with van der Waals surface area (Å²) in [6.45, 7) is 0. The molecule has 1 aromatic heterocycles. The highest BCUT2D eigenvalue weighted by Crippen LogP contribution is 2.23. The minimum absolute atomic E-state index is 0.237. The molecule has 0 aliphatic carbocycles. The number of carboxylic acids is 2. The van der Waals surface area contributed by atoms with E-state index in [1.165, 1.54) is 0 Å². The van der Waals surface area contributed by atoms with Crippen LogP contribution in [-0.4, -0.2) is 32.1 Å². The van der Waals surface area contributed by atoms with Crippen LogP contribution < -0.4 is 0 Å². The summed E-state index contributed by atoms with van der Waals surface area (Å²) in [5.74, 6) is -1.90.